The molecular weight excluding hydrogens is 618 g/mol. The third kappa shape index (κ3) is 3.25. The monoisotopic (exact) mass is 641 g/mol. The van der Waals surface area contributed by atoms with E-state index in [2.05, 4.69) is 15.9 Å². The highest BCUT2D eigenvalue weighted by molar-refractivity contribution is 9.10. The maximum absolute atomic E-state index is 13.9. The lowest BCUT2D eigenvalue weighted by atomic mass is 9.76. The quantitative estimate of drug-likeness (QED) is 0.278. The second-order valence-corrected chi connectivity index (χ2v) is 11.1. The second-order valence-electron chi connectivity index (χ2n) is 10.2. The van der Waals surface area contributed by atoms with E-state index in [4.69, 9.17) is 28.1 Å². The molecule has 1 aromatic heterocycles. The zero-order chi connectivity index (χ0) is 29.8. The number of methoxy groups -OCH3 is 3. The molecule has 4 unspecified atom stereocenters. The first-order valence-electron chi connectivity index (χ1n) is 12.8. The van der Waals surface area contributed by atoms with Gasteiger partial charge in [-0.15, -0.1) is 0 Å². The van der Waals surface area contributed by atoms with Crippen LogP contribution in [0, 0.1) is 0 Å². The molecule has 2 aliphatic heterocycles. The predicted molar refractivity (Wildman–Crippen MR) is 150 cm³/mol. The van der Waals surface area contributed by atoms with Crippen LogP contribution in [-0.4, -0.2) is 67.5 Å². The van der Waals surface area contributed by atoms with Gasteiger partial charge in [0, 0.05) is 43.5 Å². The molecule has 0 saturated heterocycles. The Morgan fingerprint density at radius 1 is 1.00 bits per heavy atom. The smallest absolute Gasteiger partial charge is 0.259 e. The van der Waals surface area contributed by atoms with Gasteiger partial charge in [0.1, 0.15) is 35.2 Å². The van der Waals surface area contributed by atoms with Crippen LogP contribution in [-0.2, 0) is 14.2 Å². The summed E-state index contributed by atoms with van der Waals surface area (Å²) in [6.07, 6.45) is -4.05. The van der Waals surface area contributed by atoms with Crippen LogP contribution in [0.25, 0.3) is 33.1 Å². The summed E-state index contributed by atoms with van der Waals surface area (Å²) < 4.78 is 35.3. The van der Waals surface area contributed by atoms with Crippen molar-refractivity contribution in [3.05, 3.63) is 55.1 Å². The van der Waals surface area contributed by atoms with Gasteiger partial charge in [-0.2, -0.15) is 0 Å². The van der Waals surface area contributed by atoms with Gasteiger partial charge < -0.3 is 48.3 Å². The van der Waals surface area contributed by atoms with E-state index in [9.17, 15) is 24.9 Å². The number of ether oxygens (including phenoxy) is 5. The van der Waals surface area contributed by atoms with Crippen molar-refractivity contribution >= 4 is 43.8 Å². The number of aliphatic hydroxyl groups excluding tert-OH is 1. The minimum Gasteiger partial charge on any atom is -0.506 e. The zero-order valence-electron chi connectivity index (χ0n) is 22.7. The van der Waals surface area contributed by atoms with Crippen LogP contribution >= 0.6 is 15.9 Å². The van der Waals surface area contributed by atoms with E-state index in [0.29, 0.717) is 10.0 Å². The number of nitrogens with zero attached hydrogens (tertiary/aromatic N) is 1. The van der Waals surface area contributed by atoms with Crippen molar-refractivity contribution < 1.29 is 48.2 Å². The van der Waals surface area contributed by atoms with Crippen molar-refractivity contribution in [3.8, 4) is 34.1 Å². The number of carbonyl (C=O) groups excluding carboxylic acids is 1. The van der Waals surface area contributed by atoms with Gasteiger partial charge in [0.25, 0.3) is 5.91 Å². The first kappa shape index (κ1) is 27.0. The number of benzene rings is 3. The van der Waals surface area contributed by atoms with Gasteiger partial charge in [-0.25, -0.2) is 0 Å². The van der Waals surface area contributed by atoms with Gasteiger partial charge in [0.05, 0.1) is 22.5 Å². The number of phenols is 2. The van der Waals surface area contributed by atoms with Gasteiger partial charge in [-0.3, -0.25) is 9.59 Å². The maximum atomic E-state index is 13.9. The third-order valence-electron chi connectivity index (χ3n) is 8.29. The summed E-state index contributed by atoms with van der Waals surface area (Å²) in [5, 5.41) is 34.6. The summed E-state index contributed by atoms with van der Waals surface area (Å²) in [6.45, 7) is -0.238. The van der Waals surface area contributed by atoms with Gasteiger partial charge in [-0.05, 0) is 39.7 Å². The number of carbonyl (C=O) groups is 1. The Labute approximate surface area is 245 Å². The van der Waals surface area contributed by atoms with Crippen LogP contribution in [0.4, 0.5) is 0 Å². The average molecular weight is 642 g/mol. The van der Waals surface area contributed by atoms with Crippen LogP contribution < -0.4 is 14.9 Å². The average Bonchev–Trinajstić information content (AvgIpc) is 2.98. The van der Waals surface area contributed by atoms with E-state index in [1.54, 1.807) is 6.07 Å². The largest absolute Gasteiger partial charge is 0.506 e. The number of aliphatic hydroxyl groups is 1. The van der Waals surface area contributed by atoms with E-state index in [1.165, 1.54) is 45.4 Å². The number of amides is 1. The highest BCUT2D eigenvalue weighted by atomic mass is 79.9. The Morgan fingerprint density at radius 3 is 2.45 bits per heavy atom. The lowest BCUT2D eigenvalue weighted by molar-refractivity contribution is -0.121. The first-order valence-corrected chi connectivity index (χ1v) is 13.6. The fourth-order valence-corrected chi connectivity index (χ4v) is 6.91. The molecule has 218 valence electrons. The van der Waals surface area contributed by atoms with Crippen LogP contribution in [0.5, 0.6) is 23.0 Å². The van der Waals surface area contributed by atoms with Crippen molar-refractivity contribution in [3.63, 3.8) is 0 Å². The summed E-state index contributed by atoms with van der Waals surface area (Å²) in [4.78, 5) is 28.5. The lowest BCUT2D eigenvalue weighted by Crippen LogP contribution is -2.47. The summed E-state index contributed by atoms with van der Waals surface area (Å²) in [7, 11) is 5.68. The molecule has 3 heterocycles. The molecule has 0 saturated carbocycles. The molecule has 7 rings (SSSR count). The van der Waals surface area contributed by atoms with Crippen LogP contribution in [0.15, 0.2) is 31.9 Å². The zero-order valence-corrected chi connectivity index (χ0v) is 24.3. The number of likely N-dealkylation sites (N-methyl/N-ethyl adjacent to an activating group) is 1. The molecule has 12 nitrogen and oxygen atoms in total. The third-order valence-corrected chi connectivity index (χ3v) is 8.92. The van der Waals surface area contributed by atoms with Crippen LogP contribution in [0.3, 0.4) is 0 Å². The fourth-order valence-electron chi connectivity index (χ4n) is 6.43. The van der Waals surface area contributed by atoms with Crippen molar-refractivity contribution in [2.24, 2.45) is 0 Å². The summed E-state index contributed by atoms with van der Waals surface area (Å²) >= 11 is 3.40. The molecule has 1 amide bonds. The number of rotatable bonds is 3. The first-order chi connectivity index (χ1) is 20.2. The van der Waals surface area contributed by atoms with E-state index in [0.717, 1.165) is 0 Å². The van der Waals surface area contributed by atoms with Crippen LogP contribution in [0.2, 0.25) is 0 Å². The second kappa shape index (κ2) is 9.31. The number of fused-ring (bicyclic) bond motifs is 6. The molecule has 4 atom stereocenters. The molecular formula is C29H24BrNO11. The molecule has 0 bridgehead atoms. The predicted octanol–water partition coefficient (Wildman–Crippen LogP) is 4.00. The molecule has 0 spiro atoms. The van der Waals surface area contributed by atoms with Gasteiger partial charge >= 0.3 is 0 Å². The highest BCUT2D eigenvalue weighted by Gasteiger charge is 2.48. The molecule has 0 fully saturated rings. The fraction of sp³-hybridized carbons (Fsp3) is 0.310. The number of aromatic hydroxyl groups is 2. The minimum absolute atomic E-state index is 0.0281. The highest BCUT2D eigenvalue weighted by Crippen LogP contribution is 2.61. The van der Waals surface area contributed by atoms with E-state index in [-0.39, 0.29) is 68.0 Å². The summed E-state index contributed by atoms with van der Waals surface area (Å²) in [5.74, 6) is -1.23. The molecule has 42 heavy (non-hydrogen) atoms. The van der Waals surface area contributed by atoms with Gasteiger partial charge in [0.15, 0.2) is 35.7 Å². The Morgan fingerprint density at radius 2 is 1.76 bits per heavy atom. The molecule has 4 aromatic rings. The molecule has 3 aromatic carbocycles. The van der Waals surface area contributed by atoms with E-state index >= 15 is 0 Å². The van der Waals surface area contributed by atoms with Crippen molar-refractivity contribution in [1.82, 2.24) is 4.90 Å². The number of hydrogen-bond acceptors (Lipinski definition) is 11. The summed E-state index contributed by atoms with van der Waals surface area (Å²) in [5.41, 5.74) is 0.150. The van der Waals surface area contributed by atoms with Crippen LogP contribution in [0.1, 0.15) is 45.4 Å². The lowest BCUT2D eigenvalue weighted by Gasteiger charge is -2.41. The molecule has 1 aliphatic carbocycles. The Hall–Kier alpha value is -3.88. The van der Waals surface area contributed by atoms with Gasteiger partial charge in [-0.1, -0.05) is 0 Å². The van der Waals surface area contributed by atoms with E-state index in [1.807, 2.05) is 0 Å². The topological polar surface area (TPSA) is 157 Å². The molecule has 13 heteroatoms. The number of phenolic OH excluding ortho intramolecular Hbond substituents is 2. The molecule has 0 radical (unpaired) electrons. The molecule has 3 N–H and O–H groups in total. The standard InChI is InChI=1S/C29H24BrNO11/c1-31-28(36)14-10(19(33)29(31)39-4)7-11-13(20(14)34)15-16-25(22(11)37-2)40-8-41-26(16)27-17(21(15)35)18(32)9-5-6-12(30)24(38-3)23(9)42-27/h5-7,19,22,25,29,33-35H,8H2,1-4H3. The normalized spacial score (nSPS) is 22.5. The van der Waals surface area contributed by atoms with Gasteiger partial charge in [0.2, 0.25) is 5.43 Å². The number of halogens is 1. The van der Waals surface area contributed by atoms with Crippen molar-refractivity contribution in [2.75, 3.05) is 35.2 Å². The van der Waals surface area contributed by atoms with E-state index < -0.39 is 47.4 Å². The number of hydrogen-bond donors (Lipinski definition) is 3. The maximum Gasteiger partial charge on any atom is 0.259 e. The minimum atomic E-state index is -1.30. The molecule has 3 aliphatic rings. The summed E-state index contributed by atoms with van der Waals surface area (Å²) in [6, 6.07) is 4.70. The SMILES string of the molecule is COc1c(Br)ccc2c(=O)c3c(O)c4c5c(c3oc12)OCOC5C(OC)c1cc2c(c(O)c1-4)C(=O)N(C)C(OC)C2O. The Kier molecular flexibility index (Phi) is 5.98. The van der Waals surface area contributed by atoms with Crippen molar-refractivity contribution in [1.29, 1.82) is 0 Å². The Balaban J connectivity index is 1.65. The van der Waals surface area contributed by atoms with Crippen molar-refractivity contribution in [2.45, 2.75) is 24.5 Å². The Bertz CT molecular complexity index is 1920.